The number of methoxy groups -OCH3 is 1. The number of nitrogens with zero attached hydrogens (tertiary/aromatic N) is 4. The molecule has 1 unspecified atom stereocenters. The summed E-state index contributed by atoms with van der Waals surface area (Å²) >= 11 is 0. The molecule has 1 aliphatic carbocycles. The Morgan fingerprint density at radius 2 is 2.18 bits per heavy atom. The minimum Gasteiger partial charge on any atom is -0.493 e. The molecule has 0 fully saturated rings. The van der Waals surface area contributed by atoms with Crippen LogP contribution in [0.3, 0.4) is 0 Å². The number of benzene rings is 1. The van der Waals surface area contributed by atoms with Gasteiger partial charge in [0.2, 0.25) is 0 Å². The topological polar surface area (TPSA) is 80.2 Å². The van der Waals surface area contributed by atoms with Crippen LogP contribution in [0.1, 0.15) is 30.4 Å². The highest BCUT2D eigenvalue weighted by Gasteiger charge is 2.52. The maximum Gasteiger partial charge on any atom is 0.318 e. The summed E-state index contributed by atoms with van der Waals surface area (Å²) in [5.74, 6) is 2.41. The number of hydrogen-bond donors (Lipinski definition) is 1. The van der Waals surface area contributed by atoms with Crippen LogP contribution in [0.25, 0.3) is 0 Å². The SMILES string of the molecule is COc1ccc2c3c1O[C@@H]1C[C@H](O)C=CC31CCN(c1ccnc(OCCCN(C)C)n1)C2. The zero-order chi connectivity index (χ0) is 23.0. The van der Waals surface area contributed by atoms with Crippen molar-refractivity contribution < 1.29 is 19.3 Å². The third-order valence-corrected chi connectivity index (χ3v) is 6.88. The average molecular weight is 453 g/mol. The van der Waals surface area contributed by atoms with Gasteiger partial charge in [0.05, 0.1) is 25.2 Å². The van der Waals surface area contributed by atoms with Gasteiger partial charge in [-0.1, -0.05) is 18.2 Å². The van der Waals surface area contributed by atoms with Gasteiger partial charge in [-0.05, 0) is 44.6 Å². The molecule has 3 atom stereocenters. The van der Waals surface area contributed by atoms with Crippen LogP contribution in [-0.4, -0.2) is 73.1 Å². The smallest absolute Gasteiger partial charge is 0.318 e. The van der Waals surface area contributed by atoms with E-state index < -0.39 is 6.10 Å². The molecule has 2 aliphatic heterocycles. The number of rotatable bonds is 7. The van der Waals surface area contributed by atoms with Gasteiger partial charge in [0, 0.05) is 37.8 Å². The first-order valence-corrected chi connectivity index (χ1v) is 11.6. The molecule has 1 aromatic heterocycles. The first kappa shape index (κ1) is 22.0. The summed E-state index contributed by atoms with van der Waals surface area (Å²) in [6, 6.07) is 6.45. The van der Waals surface area contributed by atoms with Crippen LogP contribution < -0.4 is 19.1 Å². The second kappa shape index (κ2) is 8.83. The molecule has 8 heteroatoms. The van der Waals surface area contributed by atoms with Gasteiger partial charge >= 0.3 is 6.01 Å². The van der Waals surface area contributed by atoms with Crippen molar-refractivity contribution in [1.82, 2.24) is 14.9 Å². The van der Waals surface area contributed by atoms with E-state index in [1.54, 1.807) is 13.3 Å². The zero-order valence-corrected chi connectivity index (χ0v) is 19.5. The molecule has 3 aliphatic rings. The van der Waals surface area contributed by atoms with Crippen LogP contribution in [0.15, 0.2) is 36.5 Å². The van der Waals surface area contributed by atoms with Gasteiger partial charge in [-0.2, -0.15) is 4.98 Å². The normalized spacial score (nSPS) is 25.3. The van der Waals surface area contributed by atoms with Crippen molar-refractivity contribution in [2.75, 3.05) is 45.8 Å². The van der Waals surface area contributed by atoms with E-state index in [0.717, 1.165) is 43.2 Å². The number of ether oxygens (including phenoxy) is 3. The first-order valence-electron chi connectivity index (χ1n) is 11.6. The Morgan fingerprint density at radius 3 is 3.00 bits per heavy atom. The molecule has 1 spiro atoms. The molecule has 2 aromatic rings. The van der Waals surface area contributed by atoms with Gasteiger partial charge in [-0.25, -0.2) is 4.98 Å². The van der Waals surface area contributed by atoms with Crippen LogP contribution in [-0.2, 0) is 12.0 Å². The first-order chi connectivity index (χ1) is 16.0. The molecule has 5 rings (SSSR count). The summed E-state index contributed by atoms with van der Waals surface area (Å²) < 4.78 is 17.8. The third-order valence-electron chi connectivity index (χ3n) is 6.88. The Kier molecular flexibility index (Phi) is 5.88. The molecule has 0 bridgehead atoms. The Labute approximate surface area is 194 Å². The van der Waals surface area contributed by atoms with Crippen molar-refractivity contribution in [3.8, 4) is 17.5 Å². The van der Waals surface area contributed by atoms with Crippen molar-refractivity contribution in [2.24, 2.45) is 0 Å². The highest BCUT2D eigenvalue weighted by atomic mass is 16.5. The Morgan fingerprint density at radius 1 is 1.30 bits per heavy atom. The minimum atomic E-state index is -0.488. The van der Waals surface area contributed by atoms with E-state index in [0.29, 0.717) is 25.6 Å². The van der Waals surface area contributed by atoms with E-state index in [2.05, 4.69) is 41.0 Å². The summed E-state index contributed by atoms with van der Waals surface area (Å²) in [4.78, 5) is 13.4. The fourth-order valence-electron chi connectivity index (χ4n) is 5.25. The fraction of sp³-hybridized carbons (Fsp3) is 0.520. The zero-order valence-electron chi connectivity index (χ0n) is 19.5. The lowest BCUT2D eigenvalue weighted by atomic mass is 9.69. The van der Waals surface area contributed by atoms with Crippen molar-refractivity contribution in [2.45, 2.75) is 43.4 Å². The second-order valence-electron chi connectivity index (χ2n) is 9.31. The van der Waals surface area contributed by atoms with E-state index in [1.165, 1.54) is 11.1 Å². The van der Waals surface area contributed by atoms with Crippen LogP contribution in [0, 0.1) is 0 Å². The van der Waals surface area contributed by atoms with Crippen LogP contribution in [0.4, 0.5) is 5.82 Å². The van der Waals surface area contributed by atoms with Gasteiger partial charge in [0.25, 0.3) is 0 Å². The molecule has 3 heterocycles. The Hall–Kier alpha value is -2.84. The van der Waals surface area contributed by atoms with Crippen LogP contribution in [0.5, 0.6) is 17.5 Å². The van der Waals surface area contributed by atoms with Crippen molar-refractivity contribution in [3.63, 3.8) is 0 Å². The quantitative estimate of drug-likeness (QED) is 0.507. The van der Waals surface area contributed by atoms with E-state index in [1.807, 2.05) is 18.2 Å². The Balaban J connectivity index is 1.43. The molecular formula is C25H32N4O4. The molecule has 0 amide bonds. The van der Waals surface area contributed by atoms with E-state index in [4.69, 9.17) is 19.2 Å². The van der Waals surface area contributed by atoms with Gasteiger partial charge in [0.1, 0.15) is 11.9 Å². The van der Waals surface area contributed by atoms with Crippen molar-refractivity contribution >= 4 is 5.82 Å². The van der Waals surface area contributed by atoms with E-state index in [-0.39, 0.29) is 11.5 Å². The molecular weight excluding hydrogens is 420 g/mol. The fourth-order valence-corrected chi connectivity index (χ4v) is 5.25. The predicted octanol–water partition coefficient (Wildman–Crippen LogP) is 2.55. The second-order valence-corrected chi connectivity index (χ2v) is 9.31. The highest BCUT2D eigenvalue weighted by molar-refractivity contribution is 5.62. The molecule has 33 heavy (non-hydrogen) atoms. The van der Waals surface area contributed by atoms with Gasteiger partial charge in [0.15, 0.2) is 11.5 Å². The largest absolute Gasteiger partial charge is 0.493 e. The summed E-state index contributed by atoms with van der Waals surface area (Å²) in [5, 5.41) is 10.3. The van der Waals surface area contributed by atoms with Gasteiger partial charge in [-0.15, -0.1) is 0 Å². The maximum absolute atomic E-state index is 10.3. The summed E-state index contributed by atoms with van der Waals surface area (Å²) in [5.41, 5.74) is 2.11. The van der Waals surface area contributed by atoms with E-state index >= 15 is 0 Å². The summed E-state index contributed by atoms with van der Waals surface area (Å²) in [6.07, 6.45) is 7.59. The van der Waals surface area contributed by atoms with Crippen molar-refractivity contribution in [1.29, 1.82) is 0 Å². The van der Waals surface area contributed by atoms with Crippen molar-refractivity contribution in [3.05, 3.63) is 47.7 Å². The van der Waals surface area contributed by atoms with Crippen LogP contribution in [0.2, 0.25) is 0 Å². The van der Waals surface area contributed by atoms with Gasteiger partial charge < -0.3 is 29.1 Å². The molecule has 1 N–H and O–H groups in total. The summed E-state index contributed by atoms with van der Waals surface area (Å²) in [6.45, 7) is 3.05. The van der Waals surface area contributed by atoms with E-state index in [9.17, 15) is 5.11 Å². The Bertz CT molecular complexity index is 1040. The average Bonchev–Trinajstić information content (AvgIpc) is 3.04. The summed E-state index contributed by atoms with van der Waals surface area (Å²) in [7, 11) is 5.77. The number of aromatic nitrogens is 2. The lowest BCUT2D eigenvalue weighted by Gasteiger charge is -2.35. The third kappa shape index (κ3) is 4.02. The molecule has 0 saturated carbocycles. The standard InChI is InChI=1S/C25H32N4O4/c1-28(2)12-4-14-32-24-26-11-8-21(27-24)29-13-10-25-9-7-18(30)15-20(25)33-23-19(31-3)6-5-17(16-29)22(23)25/h5-9,11,18,20,30H,4,10,12-16H2,1-3H3/t18-,20-,25?/m1/s1. The lowest BCUT2D eigenvalue weighted by molar-refractivity contribution is 0.0856. The minimum absolute atomic E-state index is 0.108. The van der Waals surface area contributed by atoms with Crippen LogP contribution >= 0.6 is 0 Å². The number of aliphatic hydroxyl groups is 1. The highest BCUT2D eigenvalue weighted by Crippen LogP contribution is 2.55. The molecule has 8 nitrogen and oxygen atoms in total. The monoisotopic (exact) mass is 452 g/mol. The molecule has 1 aromatic carbocycles. The molecule has 0 saturated heterocycles. The predicted molar refractivity (Wildman–Crippen MR) is 125 cm³/mol. The number of anilines is 1. The molecule has 0 radical (unpaired) electrons. The number of hydrogen-bond acceptors (Lipinski definition) is 8. The van der Waals surface area contributed by atoms with Gasteiger partial charge in [-0.3, -0.25) is 0 Å². The maximum atomic E-state index is 10.3. The molecule has 176 valence electrons. The lowest BCUT2D eigenvalue weighted by Crippen LogP contribution is -2.43. The number of aliphatic hydroxyl groups excluding tert-OH is 1.